The summed E-state index contributed by atoms with van der Waals surface area (Å²) in [6.45, 7) is 0. The number of nitrogens with one attached hydrogen (secondary N) is 2. The Morgan fingerprint density at radius 2 is 2.08 bits per heavy atom. The molecule has 1 heterocycles. The van der Waals surface area contributed by atoms with Gasteiger partial charge in [0.2, 0.25) is 11.9 Å². The summed E-state index contributed by atoms with van der Waals surface area (Å²) in [6, 6.07) is 13.5. The molecule has 0 fully saturated rings. The Morgan fingerprint density at radius 1 is 1.28 bits per heavy atom. The van der Waals surface area contributed by atoms with E-state index < -0.39 is 11.9 Å². The van der Waals surface area contributed by atoms with Crippen molar-refractivity contribution in [3.05, 3.63) is 64.7 Å². The molecule has 0 aromatic heterocycles. The highest BCUT2D eigenvalue weighted by Crippen LogP contribution is 2.29. The van der Waals surface area contributed by atoms with Crippen LogP contribution in [-0.2, 0) is 4.79 Å². The molecular formula is C18H16ClN3O3. The quantitative estimate of drug-likeness (QED) is 0.886. The molecule has 1 aliphatic heterocycles. The van der Waals surface area contributed by atoms with E-state index >= 15 is 0 Å². The van der Waals surface area contributed by atoms with Gasteiger partial charge in [-0.25, -0.2) is 4.99 Å². The van der Waals surface area contributed by atoms with E-state index in [-0.39, 0.29) is 18.3 Å². The highest BCUT2D eigenvalue weighted by Gasteiger charge is 2.25. The number of nitrogens with zero attached hydrogens (tertiary/aromatic N) is 1. The highest BCUT2D eigenvalue weighted by atomic mass is 35.5. The number of benzene rings is 2. The maximum Gasteiger partial charge on any atom is 0.258 e. The van der Waals surface area contributed by atoms with Crippen molar-refractivity contribution in [1.29, 1.82) is 0 Å². The van der Waals surface area contributed by atoms with Gasteiger partial charge in [-0.1, -0.05) is 35.9 Å². The largest absolute Gasteiger partial charge is 0.497 e. The van der Waals surface area contributed by atoms with Crippen molar-refractivity contribution >= 4 is 29.4 Å². The van der Waals surface area contributed by atoms with Crippen molar-refractivity contribution in [3.8, 4) is 5.75 Å². The third-order valence-electron chi connectivity index (χ3n) is 3.75. The SMILES string of the molecule is COc1cccc(C(=O)NC2=N[C@@H](c3ccccc3Cl)CC(=O)N2)c1. The van der Waals surface area contributed by atoms with E-state index in [1.807, 2.05) is 18.2 Å². The monoisotopic (exact) mass is 357 g/mol. The minimum absolute atomic E-state index is 0.106. The summed E-state index contributed by atoms with van der Waals surface area (Å²) in [5.74, 6) is 0.0452. The number of rotatable bonds is 3. The Labute approximate surface area is 149 Å². The molecule has 2 aromatic carbocycles. The second kappa shape index (κ2) is 7.36. The molecule has 25 heavy (non-hydrogen) atoms. The first kappa shape index (κ1) is 17.0. The summed E-state index contributed by atoms with van der Waals surface area (Å²) >= 11 is 6.19. The number of carbonyl (C=O) groups excluding carboxylic acids is 2. The van der Waals surface area contributed by atoms with Gasteiger partial charge in [0.1, 0.15) is 5.75 Å². The zero-order chi connectivity index (χ0) is 17.8. The van der Waals surface area contributed by atoms with Crippen LogP contribution >= 0.6 is 11.6 Å². The number of hydrogen-bond acceptors (Lipinski definition) is 4. The number of carbonyl (C=O) groups is 2. The van der Waals surface area contributed by atoms with Crippen LogP contribution < -0.4 is 15.4 Å². The predicted molar refractivity (Wildman–Crippen MR) is 94.8 cm³/mol. The number of hydrogen-bond donors (Lipinski definition) is 2. The zero-order valence-corrected chi connectivity index (χ0v) is 14.2. The normalized spacial score (nSPS) is 16.6. The Kier molecular flexibility index (Phi) is 5.00. The van der Waals surface area contributed by atoms with Gasteiger partial charge in [-0.2, -0.15) is 0 Å². The Balaban J connectivity index is 1.82. The molecule has 0 saturated carbocycles. The first-order chi connectivity index (χ1) is 12.1. The van der Waals surface area contributed by atoms with E-state index in [0.29, 0.717) is 16.3 Å². The van der Waals surface area contributed by atoms with Gasteiger partial charge in [-0.3, -0.25) is 20.2 Å². The molecule has 128 valence electrons. The molecule has 2 N–H and O–H groups in total. The fourth-order valence-electron chi connectivity index (χ4n) is 2.52. The maximum atomic E-state index is 12.4. The van der Waals surface area contributed by atoms with Crippen LogP contribution in [0.25, 0.3) is 0 Å². The Bertz CT molecular complexity index is 851. The Hall–Kier alpha value is -2.86. The molecule has 2 amide bonds. The number of methoxy groups -OCH3 is 1. The molecule has 0 unspecified atom stereocenters. The van der Waals surface area contributed by atoms with E-state index in [2.05, 4.69) is 15.6 Å². The van der Waals surface area contributed by atoms with Crippen molar-refractivity contribution in [2.45, 2.75) is 12.5 Å². The van der Waals surface area contributed by atoms with E-state index in [0.717, 1.165) is 5.56 Å². The average molecular weight is 358 g/mol. The fourth-order valence-corrected chi connectivity index (χ4v) is 2.79. The fraction of sp³-hybridized carbons (Fsp3) is 0.167. The number of ether oxygens (including phenoxy) is 1. The van der Waals surface area contributed by atoms with E-state index in [4.69, 9.17) is 16.3 Å². The first-order valence-electron chi connectivity index (χ1n) is 7.64. The standard InChI is InChI=1S/C18H16ClN3O3/c1-25-12-6-4-5-11(9-12)17(24)22-18-20-15(10-16(23)21-18)13-7-2-3-8-14(13)19/h2-9,15H,10H2,1H3,(H2,20,21,22,23,24)/t15-/m1/s1. The van der Waals surface area contributed by atoms with E-state index in [1.165, 1.54) is 7.11 Å². The first-order valence-corrected chi connectivity index (χ1v) is 8.02. The van der Waals surface area contributed by atoms with Gasteiger partial charge in [-0.15, -0.1) is 0 Å². The molecule has 7 heteroatoms. The van der Waals surface area contributed by atoms with Gasteiger partial charge in [0.15, 0.2) is 0 Å². The lowest BCUT2D eigenvalue weighted by atomic mass is 10.0. The summed E-state index contributed by atoms with van der Waals surface area (Å²) in [5, 5.41) is 5.72. The van der Waals surface area contributed by atoms with Crippen LogP contribution in [0.5, 0.6) is 5.75 Å². The summed E-state index contributed by atoms with van der Waals surface area (Å²) in [7, 11) is 1.52. The molecule has 2 aromatic rings. The molecule has 3 rings (SSSR count). The summed E-state index contributed by atoms with van der Waals surface area (Å²) < 4.78 is 5.11. The smallest absolute Gasteiger partial charge is 0.258 e. The van der Waals surface area contributed by atoms with Crippen LogP contribution in [0.15, 0.2) is 53.5 Å². The van der Waals surface area contributed by atoms with Crippen LogP contribution in [0.1, 0.15) is 28.4 Å². The minimum Gasteiger partial charge on any atom is -0.497 e. The molecular weight excluding hydrogens is 342 g/mol. The highest BCUT2D eigenvalue weighted by molar-refractivity contribution is 6.31. The van der Waals surface area contributed by atoms with Crippen molar-refractivity contribution in [2.75, 3.05) is 7.11 Å². The van der Waals surface area contributed by atoms with Gasteiger partial charge in [-0.05, 0) is 29.8 Å². The Morgan fingerprint density at radius 3 is 2.84 bits per heavy atom. The minimum atomic E-state index is -0.442. The van der Waals surface area contributed by atoms with Gasteiger partial charge < -0.3 is 4.74 Å². The van der Waals surface area contributed by atoms with Crippen molar-refractivity contribution in [1.82, 2.24) is 10.6 Å². The van der Waals surface area contributed by atoms with Gasteiger partial charge in [0, 0.05) is 10.6 Å². The molecule has 0 spiro atoms. The average Bonchev–Trinajstić information content (AvgIpc) is 2.61. The number of halogens is 1. The van der Waals surface area contributed by atoms with E-state index in [1.54, 1.807) is 30.3 Å². The third-order valence-corrected chi connectivity index (χ3v) is 4.09. The van der Waals surface area contributed by atoms with Gasteiger partial charge >= 0.3 is 0 Å². The lowest BCUT2D eigenvalue weighted by molar-refractivity contribution is -0.120. The van der Waals surface area contributed by atoms with E-state index in [9.17, 15) is 9.59 Å². The molecule has 0 radical (unpaired) electrons. The van der Waals surface area contributed by atoms with Crippen LogP contribution in [0, 0.1) is 0 Å². The topological polar surface area (TPSA) is 79.8 Å². The summed E-state index contributed by atoms with van der Waals surface area (Å²) in [5.41, 5.74) is 1.14. The molecule has 0 aliphatic carbocycles. The third kappa shape index (κ3) is 3.97. The lowest BCUT2D eigenvalue weighted by Crippen LogP contribution is -2.47. The predicted octanol–water partition coefficient (Wildman–Crippen LogP) is 2.70. The molecule has 6 nitrogen and oxygen atoms in total. The molecule has 0 bridgehead atoms. The van der Waals surface area contributed by atoms with Crippen LogP contribution in [-0.4, -0.2) is 24.9 Å². The molecule has 0 saturated heterocycles. The zero-order valence-electron chi connectivity index (χ0n) is 13.5. The number of aliphatic imine (C=N–C) groups is 1. The maximum absolute atomic E-state index is 12.4. The van der Waals surface area contributed by atoms with Crippen molar-refractivity contribution in [3.63, 3.8) is 0 Å². The second-order valence-corrected chi connectivity index (χ2v) is 5.86. The van der Waals surface area contributed by atoms with Crippen LogP contribution in [0.3, 0.4) is 0 Å². The summed E-state index contributed by atoms with van der Waals surface area (Å²) in [6.07, 6.45) is 0.169. The lowest BCUT2D eigenvalue weighted by Gasteiger charge is -2.22. The van der Waals surface area contributed by atoms with Gasteiger partial charge in [0.05, 0.1) is 19.6 Å². The second-order valence-electron chi connectivity index (χ2n) is 5.45. The van der Waals surface area contributed by atoms with Crippen molar-refractivity contribution in [2.24, 2.45) is 4.99 Å². The van der Waals surface area contributed by atoms with Crippen molar-refractivity contribution < 1.29 is 14.3 Å². The van der Waals surface area contributed by atoms with Crippen LogP contribution in [0.2, 0.25) is 5.02 Å². The summed E-state index contributed by atoms with van der Waals surface area (Å²) in [4.78, 5) is 28.8. The number of guanidine groups is 1. The van der Waals surface area contributed by atoms with Crippen LogP contribution in [0.4, 0.5) is 0 Å². The molecule has 1 atom stereocenters. The number of amides is 2. The molecule has 1 aliphatic rings. The van der Waals surface area contributed by atoms with Gasteiger partial charge in [0.25, 0.3) is 5.91 Å².